The number of rotatable bonds is 4. The molecule has 6 heteroatoms. The highest BCUT2D eigenvalue weighted by molar-refractivity contribution is 5.80. The van der Waals surface area contributed by atoms with Crippen LogP contribution in [-0.4, -0.2) is 19.3 Å². The standard InChI is InChI=1S/C17H16F3N2O/c18-17(19,20)13-6-4-11(5-7-13)15-3-1-2-12(8-21)16(15)22-14-9-23-10-14/h1-7,14,21-22H,8-10H2/q-1. The summed E-state index contributed by atoms with van der Waals surface area (Å²) >= 11 is 0. The van der Waals surface area contributed by atoms with Crippen LogP contribution in [0.15, 0.2) is 42.5 Å². The van der Waals surface area contributed by atoms with E-state index in [2.05, 4.69) is 5.32 Å². The summed E-state index contributed by atoms with van der Waals surface area (Å²) in [5.74, 6) is 0. The minimum absolute atomic E-state index is 0.102. The lowest BCUT2D eigenvalue weighted by Gasteiger charge is -2.30. The summed E-state index contributed by atoms with van der Waals surface area (Å²) in [7, 11) is 0. The molecule has 0 radical (unpaired) electrons. The van der Waals surface area contributed by atoms with Crippen molar-refractivity contribution in [1.29, 1.82) is 0 Å². The fourth-order valence-electron chi connectivity index (χ4n) is 2.52. The molecule has 1 aliphatic heterocycles. The van der Waals surface area contributed by atoms with E-state index in [0.717, 1.165) is 28.9 Å². The van der Waals surface area contributed by atoms with E-state index in [1.165, 1.54) is 12.1 Å². The molecular formula is C17H16F3N2O-. The van der Waals surface area contributed by atoms with E-state index in [1.54, 1.807) is 0 Å². The first-order chi connectivity index (χ1) is 11.0. The number of hydrogen-bond acceptors (Lipinski definition) is 2. The molecule has 1 saturated heterocycles. The molecule has 2 aromatic rings. The van der Waals surface area contributed by atoms with Crippen molar-refractivity contribution in [3.05, 3.63) is 59.3 Å². The molecule has 23 heavy (non-hydrogen) atoms. The van der Waals surface area contributed by atoms with Crippen LogP contribution in [-0.2, 0) is 17.5 Å². The Kier molecular flexibility index (Phi) is 4.28. The number of halogens is 3. The van der Waals surface area contributed by atoms with E-state index in [-0.39, 0.29) is 12.6 Å². The summed E-state index contributed by atoms with van der Waals surface area (Å²) in [6, 6.07) is 10.8. The smallest absolute Gasteiger partial charge is 0.416 e. The maximum Gasteiger partial charge on any atom is 0.416 e. The highest BCUT2D eigenvalue weighted by Gasteiger charge is 2.30. The number of ether oxygens (including phenoxy) is 1. The lowest BCUT2D eigenvalue weighted by atomic mass is 9.98. The van der Waals surface area contributed by atoms with Crippen LogP contribution in [0.1, 0.15) is 11.1 Å². The van der Waals surface area contributed by atoms with Gasteiger partial charge in [-0.25, -0.2) is 0 Å². The third-order valence-corrected chi connectivity index (χ3v) is 3.85. The molecule has 3 rings (SSSR count). The Hall–Kier alpha value is -2.05. The van der Waals surface area contributed by atoms with E-state index in [0.29, 0.717) is 18.8 Å². The second-order valence-corrected chi connectivity index (χ2v) is 5.47. The molecule has 0 amide bonds. The number of hydrogen-bond donors (Lipinski definition) is 1. The fourth-order valence-corrected chi connectivity index (χ4v) is 2.52. The van der Waals surface area contributed by atoms with E-state index in [9.17, 15) is 13.2 Å². The quantitative estimate of drug-likeness (QED) is 0.884. The third kappa shape index (κ3) is 3.33. The number of para-hydroxylation sites is 1. The molecule has 122 valence electrons. The molecule has 1 aliphatic rings. The monoisotopic (exact) mass is 321 g/mol. The summed E-state index contributed by atoms with van der Waals surface area (Å²) < 4.78 is 43.2. The number of benzene rings is 2. The first-order valence-electron chi connectivity index (χ1n) is 7.27. The van der Waals surface area contributed by atoms with Gasteiger partial charge in [-0.3, -0.25) is 0 Å². The van der Waals surface area contributed by atoms with Crippen LogP contribution in [0, 0.1) is 0 Å². The second-order valence-electron chi connectivity index (χ2n) is 5.47. The Balaban J connectivity index is 1.97. The van der Waals surface area contributed by atoms with Crippen LogP contribution in [0.5, 0.6) is 0 Å². The van der Waals surface area contributed by atoms with Gasteiger partial charge in [0.25, 0.3) is 0 Å². The molecule has 3 nitrogen and oxygen atoms in total. The molecule has 0 aliphatic carbocycles. The molecule has 1 heterocycles. The molecule has 1 fully saturated rings. The molecule has 0 aromatic heterocycles. The van der Waals surface area contributed by atoms with Gasteiger partial charge in [-0.15, -0.1) is 6.54 Å². The van der Waals surface area contributed by atoms with Crippen molar-refractivity contribution in [1.82, 2.24) is 0 Å². The van der Waals surface area contributed by atoms with Crippen LogP contribution >= 0.6 is 0 Å². The lowest BCUT2D eigenvalue weighted by molar-refractivity contribution is -0.137. The van der Waals surface area contributed by atoms with Crippen molar-refractivity contribution in [3.8, 4) is 11.1 Å². The number of alkyl halides is 3. The van der Waals surface area contributed by atoms with Gasteiger partial charge < -0.3 is 15.8 Å². The number of nitrogens with one attached hydrogen (secondary N) is 2. The van der Waals surface area contributed by atoms with Crippen LogP contribution in [0.3, 0.4) is 0 Å². The van der Waals surface area contributed by atoms with E-state index < -0.39 is 11.7 Å². The summed E-state index contributed by atoms with van der Waals surface area (Å²) in [6.45, 7) is 1.29. The first-order valence-corrected chi connectivity index (χ1v) is 7.27. The third-order valence-electron chi connectivity index (χ3n) is 3.85. The van der Waals surface area contributed by atoms with Crippen LogP contribution in [0.25, 0.3) is 16.9 Å². The normalized spacial score (nSPS) is 15.3. The molecule has 0 atom stereocenters. The second kappa shape index (κ2) is 6.22. The Morgan fingerprint density at radius 3 is 2.30 bits per heavy atom. The van der Waals surface area contributed by atoms with Gasteiger partial charge in [0.15, 0.2) is 0 Å². The summed E-state index contributed by atoms with van der Waals surface area (Å²) in [5, 5.41) is 3.34. The van der Waals surface area contributed by atoms with Gasteiger partial charge >= 0.3 is 6.18 Å². The topological polar surface area (TPSA) is 45.1 Å². The molecule has 0 spiro atoms. The Morgan fingerprint density at radius 1 is 1.09 bits per heavy atom. The van der Waals surface area contributed by atoms with Crippen LogP contribution in [0.4, 0.5) is 18.9 Å². The zero-order chi connectivity index (χ0) is 16.4. The molecule has 0 saturated carbocycles. The highest BCUT2D eigenvalue weighted by atomic mass is 19.4. The van der Waals surface area contributed by atoms with E-state index in [1.807, 2.05) is 18.2 Å². The van der Waals surface area contributed by atoms with Crippen molar-refractivity contribution in [3.63, 3.8) is 0 Å². The SMILES string of the molecule is [NH-]Cc1cccc(-c2ccc(C(F)(F)F)cc2)c1NC1COC1. The molecular weight excluding hydrogens is 305 g/mol. The Bertz CT molecular complexity index is 679. The summed E-state index contributed by atoms with van der Waals surface area (Å²) in [4.78, 5) is 0. The van der Waals surface area contributed by atoms with Gasteiger partial charge in [-0.1, -0.05) is 30.3 Å². The van der Waals surface area contributed by atoms with Crippen molar-refractivity contribution in [2.24, 2.45) is 0 Å². The fraction of sp³-hybridized carbons (Fsp3) is 0.294. The van der Waals surface area contributed by atoms with Crippen molar-refractivity contribution < 1.29 is 17.9 Å². The van der Waals surface area contributed by atoms with Gasteiger partial charge in [0, 0.05) is 11.3 Å². The van der Waals surface area contributed by atoms with E-state index in [4.69, 9.17) is 10.5 Å². The van der Waals surface area contributed by atoms with Crippen LogP contribution < -0.4 is 5.32 Å². The van der Waals surface area contributed by atoms with Gasteiger partial charge in [-0.05, 0) is 23.3 Å². The molecule has 0 bridgehead atoms. The summed E-state index contributed by atoms with van der Waals surface area (Å²) in [6.07, 6.45) is -4.34. The van der Waals surface area contributed by atoms with E-state index >= 15 is 0 Å². The Morgan fingerprint density at radius 2 is 1.78 bits per heavy atom. The zero-order valence-corrected chi connectivity index (χ0v) is 12.3. The zero-order valence-electron chi connectivity index (χ0n) is 12.3. The van der Waals surface area contributed by atoms with Gasteiger partial charge in [-0.2, -0.15) is 13.2 Å². The number of anilines is 1. The predicted octanol–water partition coefficient (Wildman–Crippen LogP) is 4.74. The first kappa shape index (κ1) is 15.8. The highest BCUT2D eigenvalue weighted by Crippen LogP contribution is 2.35. The van der Waals surface area contributed by atoms with Gasteiger partial charge in [0.1, 0.15) is 0 Å². The average Bonchev–Trinajstić information content (AvgIpc) is 2.50. The van der Waals surface area contributed by atoms with Gasteiger partial charge in [0.2, 0.25) is 0 Å². The molecule has 2 N–H and O–H groups in total. The van der Waals surface area contributed by atoms with Gasteiger partial charge in [0.05, 0.1) is 24.8 Å². The molecule has 2 aromatic carbocycles. The summed E-state index contributed by atoms with van der Waals surface area (Å²) in [5.41, 5.74) is 10.1. The predicted molar refractivity (Wildman–Crippen MR) is 83.1 cm³/mol. The maximum atomic E-state index is 12.7. The van der Waals surface area contributed by atoms with Crippen molar-refractivity contribution >= 4 is 5.69 Å². The van der Waals surface area contributed by atoms with Crippen LogP contribution in [0.2, 0.25) is 0 Å². The molecule has 0 unspecified atom stereocenters. The Labute approximate surface area is 132 Å². The minimum Gasteiger partial charge on any atom is -0.674 e. The van der Waals surface area contributed by atoms with Crippen molar-refractivity contribution in [2.45, 2.75) is 18.8 Å². The average molecular weight is 321 g/mol. The van der Waals surface area contributed by atoms with Crippen molar-refractivity contribution in [2.75, 3.05) is 18.5 Å². The minimum atomic E-state index is -4.34. The maximum absolute atomic E-state index is 12.7. The largest absolute Gasteiger partial charge is 0.674 e. The lowest BCUT2D eigenvalue weighted by Crippen LogP contribution is -2.40.